The topological polar surface area (TPSA) is 27.7 Å². The third kappa shape index (κ3) is 3.98. The molecule has 0 unspecified atom stereocenters. The molecule has 0 radical (unpaired) electrons. The maximum atomic E-state index is 13.0. The Bertz CT molecular complexity index is 651. The summed E-state index contributed by atoms with van der Waals surface area (Å²) in [6.07, 6.45) is 9.54. The number of nitrogens with one attached hydrogen (secondary N) is 1. The fourth-order valence-corrected chi connectivity index (χ4v) is 3.73. The molecule has 0 spiro atoms. The quantitative estimate of drug-likeness (QED) is 0.909. The largest absolute Gasteiger partial charge is 0.460 e. The maximum Gasteiger partial charge on any atom is 0.127 e. The lowest BCUT2D eigenvalue weighted by Crippen LogP contribution is -2.42. The zero-order valence-corrected chi connectivity index (χ0v) is 14.6. The summed E-state index contributed by atoms with van der Waals surface area (Å²) >= 11 is 0. The molecule has 0 atom stereocenters. The van der Waals surface area contributed by atoms with Gasteiger partial charge in [0.2, 0.25) is 0 Å². The van der Waals surface area contributed by atoms with E-state index in [0.29, 0.717) is 12.3 Å². The van der Waals surface area contributed by atoms with Crippen LogP contribution in [0.1, 0.15) is 25.7 Å². The van der Waals surface area contributed by atoms with Gasteiger partial charge in [-0.05, 0) is 43.5 Å². The molecule has 1 N–H and O–H groups in total. The second-order valence-electron chi connectivity index (χ2n) is 7.08. The number of benzene rings is 1. The number of ether oxygens (including phenoxy) is 1. The van der Waals surface area contributed by atoms with Crippen LogP contribution in [0.25, 0.3) is 0 Å². The smallest absolute Gasteiger partial charge is 0.127 e. The van der Waals surface area contributed by atoms with Gasteiger partial charge in [0.25, 0.3) is 0 Å². The molecule has 25 heavy (non-hydrogen) atoms. The number of rotatable bonds is 4. The fourth-order valence-electron chi connectivity index (χ4n) is 3.73. The molecule has 134 valence electrons. The molecule has 4 nitrogen and oxygen atoms in total. The number of hydrogen-bond acceptors (Lipinski definition) is 4. The van der Waals surface area contributed by atoms with E-state index in [2.05, 4.69) is 27.4 Å². The summed E-state index contributed by atoms with van der Waals surface area (Å²) in [6.45, 7) is 5.15. The number of nitrogens with zero attached hydrogens (tertiary/aromatic N) is 2. The van der Waals surface area contributed by atoms with Gasteiger partial charge in [0.15, 0.2) is 0 Å². The van der Waals surface area contributed by atoms with Crippen LogP contribution in [-0.2, 0) is 0 Å². The first-order chi connectivity index (χ1) is 12.3. The van der Waals surface area contributed by atoms with Crippen LogP contribution in [0.2, 0.25) is 0 Å². The third-order valence-corrected chi connectivity index (χ3v) is 5.38. The highest BCUT2D eigenvalue weighted by molar-refractivity contribution is 5.30. The lowest BCUT2D eigenvalue weighted by molar-refractivity contribution is 0.133. The maximum absolute atomic E-state index is 13.0. The number of allylic oxidation sites excluding steroid dienone is 1. The van der Waals surface area contributed by atoms with E-state index in [1.165, 1.54) is 50.1 Å². The lowest BCUT2D eigenvalue weighted by Gasteiger charge is -2.37. The Balaban J connectivity index is 1.38. The van der Waals surface area contributed by atoms with Crippen molar-refractivity contribution < 1.29 is 9.13 Å². The molecule has 3 aliphatic rings. The van der Waals surface area contributed by atoms with Gasteiger partial charge < -0.3 is 15.0 Å². The van der Waals surface area contributed by atoms with Crippen LogP contribution in [-0.4, -0.2) is 48.6 Å². The van der Waals surface area contributed by atoms with Crippen LogP contribution in [0.15, 0.2) is 48.0 Å². The van der Waals surface area contributed by atoms with E-state index in [1.54, 1.807) is 12.1 Å². The summed E-state index contributed by atoms with van der Waals surface area (Å²) in [5, 5.41) is 3.31. The summed E-state index contributed by atoms with van der Waals surface area (Å²) in [5.41, 5.74) is 1.18. The van der Waals surface area contributed by atoms with Crippen LogP contribution in [0, 0.1) is 5.82 Å². The number of dihydropyridines is 1. The molecule has 2 fully saturated rings. The normalized spacial score (nSPS) is 22.4. The fraction of sp³-hybridized carbons (Fsp3) is 0.500. The molecule has 0 bridgehead atoms. The highest BCUT2D eigenvalue weighted by atomic mass is 19.1. The molecule has 1 aromatic carbocycles. The highest BCUT2D eigenvalue weighted by Crippen LogP contribution is 2.26. The van der Waals surface area contributed by atoms with E-state index < -0.39 is 0 Å². The van der Waals surface area contributed by atoms with Crippen molar-refractivity contribution in [2.24, 2.45) is 0 Å². The lowest BCUT2D eigenvalue weighted by atomic mass is 9.91. The summed E-state index contributed by atoms with van der Waals surface area (Å²) in [4.78, 5) is 5.11. The van der Waals surface area contributed by atoms with Gasteiger partial charge in [-0.1, -0.05) is 6.42 Å². The molecule has 1 aliphatic carbocycles. The second kappa shape index (κ2) is 7.48. The predicted molar refractivity (Wildman–Crippen MR) is 96.6 cm³/mol. The molecule has 1 aromatic rings. The van der Waals surface area contributed by atoms with E-state index in [4.69, 9.17) is 4.74 Å². The van der Waals surface area contributed by atoms with Gasteiger partial charge in [-0.3, -0.25) is 4.90 Å². The van der Waals surface area contributed by atoms with E-state index in [1.807, 2.05) is 0 Å². The molecule has 0 aromatic heterocycles. The van der Waals surface area contributed by atoms with Crippen molar-refractivity contribution >= 4 is 0 Å². The number of hydrogen-bond donors (Lipinski definition) is 1. The molecule has 5 heteroatoms. The molecular weight excluding hydrogens is 317 g/mol. The SMILES string of the molecule is Fc1ccc(OC2=CC(N3CCCN(C4CCC4)CC3)=CNC2)cc1. The number of halogens is 1. The Morgan fingerprint density at radius 1 is 1.00 bits per heavy atom. The van der Waals surface area contributed by atoms with Crippen molar-refractivity contribution in [1.82, 2.24) is 15.1 Å². The highest BCUT2D eigenvalue weighted by Gasteiger charge is 2.27. The summed E-state index contributed by atoms with van der Waals surface area (Å²) < 4.78 is 18.9. The Morgan fingerprint density at radius 2 is 1.84 bits per heavy atom. The minimum absolute atomic E-state index is 0.246. The van der Waals surface area contributed by atoms with Crippen molar-refractivity contribution in [1.29, 1.82) is 0 Å². The van der Waals surface area contributed by atoms with Crippen molar-refractivity contribution in [2.75, 3.05) is 32.7 Å². The minimum Gasteiger partial charge on any atom is -0.460 e. The van der Waals surface area contributed by atoms with Crippen LogP contribution >= 0.6 is 0 Å². The second-order valence-corrected chi connectivity index (χ2v) is 7.08. The van der Waals surface area contributed by atoms with Gasteiger partial charge in [0.05, 0.1) is 12.2 Å². The Kier molecular flexibility index (Phi) is 4.92. The monoisotopic (exact) mass is 343 g/mol. The summed E-state index contributed by atoms with van der Waals surface area (Å²) in [5.74, 6) is 1.29. The van der Waals surface area contributed by atoms with Gasteiger partial charge in [-0.25, -0.2) is 4.39 Å². The van der Waals surface area contributed by atoms with E-state index in [0.717, 1.165) is 31.4 Å². The molecule has 2 heterocycles. The van der Waals surface area contributed by atoms with E-state index >= 15 is 0 Å². The van der Waals surface area contributed by atoms with Gasteiger partial charge in [-0.2, -0.15) is 0 Å². The molecule has 4 rings (SSSR count). The Hall–Kier alpha value is -2.01. The standard InChI is InChI=1S/C20H26FN3O/c21-16-5-7-19(8-6-16)25-20-13-18(14-22-15-20)24-10-2-9-23(11-12-24)17-3-1-4-17/h5-8,13-14,17,22H,1-4,9-12,15H2. The van der Waals surface area contributed by atoms with Crippen LogP contribution in [0.4, 0.5) is 4.39 Å². The van der Waals surface area contributed by atoms with Gasteiger partial charge in [0.1, 0.15) is 17.3 Å². The first-order valence-corrected chi connectivity index (χ1v) is 9.34. The third-order valence-electron chi connectivity index (χ3n) is 5.38. The zero-order chi connectivity index (χ0) is 17.1. The van der Waals surface area contributed by atoms with Gasteiger partial charge in [0, 0.05) is 44.5 Å². The van der Waals surface area contributed by atoms with Crippen molar-refractivity contribution in [3.63, 3.8) is 0 Å². The zero-order valence-electron chi connectivity index (χ0n) is 14.6. The van der Waals surface area contributed by atoms with Crippen LogP contribution in [0.5, 0.6) is 5.75 Å². The molecule has 1 saturated carbocycles. The Labute approximate surface area is 148 Å². The average Bonchev–Trinajstić information content (AvgIpc) is 2.82. The summed E-state index contributed by atoms with van der Waals surface area (Å²) in [7, 11) is 0. The van der Waals surface area contributed by atoms with Crippen LogP contribution < -0.4 is 10.1 Å². The van der Waals surface area contributed by atoms with Gasteiger partial charge in [-0.15, -0.1) is 0 Å². The first-order valence-electron chi connectivity index (χ1n) is 9.34. The van der Waals surface area contributed by atoms with Gasteiger partial charge >= 0.3 is 0 Å². The van der Waals surface area contributed by atoms with E-state index in [-0.39, 0.29) is 5.82 Å². The predicted octanol–water partition coefficient (Wildman–Crippen LogP) is 3.09. The molecular formula is C20H26FN3O. The van der Waals surface area contributed by atoms with Crippen LogP contribution in [0.3, 0.4) is 0 Å². The van der Waals surface area contributed by atoms with Crippen molar-refractivity contribution in [3.05, 3.63) is 53.8 Å². The van der Waals surface area contributed by atoms with E-state index in [9.17, 15) is 4.39 Å². The van der Waals surface area contributed by atoms with Crippen molar-refractivity contribution in [3.8, 4) is 5.75 Å². The molecule has 2 aliphatic heterocycles. The van der Waals surface area contributed by atoms with Crippen molar-refractivity contribution in [2.45, 2.75) is 31.7 Å². The Morgan fingerprint density at radius 3 is 2.60 bits per heavy atom. The summed E-state index contributed by atoms with van der Waals surface area (Å²) in [6, 6.07) is 7.00. The average molecular weight is 343 g/mol. The first kappa shape index (κ1) is 16.5. The minimum atomic E-state index is -0.246. The molecule has 0 amide bonds. The molecule has 1 saturated heterocycles.